The molecule has 0 aromatic heterocycles. The van der Waals surface area contributed by atoms with E-state index in [1.807, 2.05) is 6.92 Å². The smallest absolute Gasteiger partial charge is 0.191 e. The molecule has 24 heavy (non-hydrogen) atoms. The Kier molecular flexibility index (Phi) is 13.0. The first kappa shape index (κ1) is 23.8. The van der Waals surface area contributed by atoms with Crippen LogP contribution in [0.2, 0.25) is 0 Å². The quantitative estimate of drug-likeness (QED) is 0.197. The highest BCUT2D eigenvalue weighted by molar-refractivity contribution is 14.0. The van der Waals surface area contributed by atoms with Crippen LogP contribution in [0.15, 0.2) is 4.99 Å². The fraction of sp³-hybridized carbons (Fsp3) is 0.929. The molecule has 10 heteroatoms. The zero-order valence-corrected chi connectivity index (χ0v) is 17.8. The van der Waals surface area contributed by atoms with Crippen LogP contribution in [0.25, 0.3) is 0 Å². The predicted molar refractivity (Wildman–Crippen MR) is 105 cm³/mol. The molecule has 0 spiro atoms. The average Bonchev–Trinajstić information content (AvgIpc) is 2.99. The van der Waals surface area contributed by atoms with Gasteiger partial charge < -0.3 is 24.8 Å². The summed E-state index contributed by atoms with van der Waals surface area (Å²) in [5, 5.41) is 6.34. The van der Waals surface area contributed by atoms with Crippen molar-refractivity contribution in [2.45, 2.75) is 25.5 Å². The highest BCUT2D eigenvalue weighted by atomic mass is 127. The lowest BCUT2D eigenvalue weighted by Gasteiger charge is -2.19. The summed E-state index contributed by atoms with van der Waals surface area (Å²) in [6, 6.07) is 0.118. The average molecular weight is 479 g/mol. The van der Waals surface area contributed by atoms with Gasteiger partial charge in [0, 0.05) is 32.5 Å². The Morgan fingerprint density at radius 3 is 2.75 bits per heavy atom. The number of halogens is 1. The maximum absolute atomic E-state index is 11.0. The van der Waals surface area contributed by atoms with E-state index in [1.165, 1.54) is 6.26 Å². The molecule has 1 rings (SSSR count). The van der Waals surface area contributed by atoms with Gasteiger partial charge in [-0.1, -0.05) is 0 Å². The maximum atomic E-state index is 11.0. The number of ether oxygens (including phenoxy) is 3. The Morgan fingerprint density at radius 1 is 1.42 bits per heavy atom. The molecular weight excluding hydrogens is 449 g/mol. The molecule has 0 radical (unpaired) electrons. The van der Waals surface area contributed by atoms with Gasteiger partial charge >= 0.3 is 0 Å². The van der Waals surface area contributed by atoms with E-state index in [1.54, 1.807) is 7.05 Å². The van der Waals surface area contributed by atoms with Crippen LogP contribution in [0, 0.1) is 0 Å². The molecule has 0 saturated carbocycles. The largest absolute Gasteiger partial charge is 0.379 e. The standard InChI is InChI=1S/C14H29N3O5S.HI/c1-12(10-22-13-4-6-21-11-13)17-14(15-2)16-5-7-20-8-9-23(3,18)19;/h12-13H,4-11H2,1-3H3,(H2,15,16,17);1H. The normalized spacial score (nSPS) is 19.6. The van der Waals surface area contributed by atoms with Crippen LogP contribution in [0.1, 0.15) is 13.3 Å². The first-order valence-electron chi connectivity index (χ1n) is 7.82. The van der Waals surface area contributed by atoms with E-state index >= 15 is 0 Å². The van der Waals surface area contributed by atoms with Gasteiger partial charge in [-0.3, -0.25) is 4.99 Å². The molecule has 2 unspecified atom stereocenters. The monoisotopic (exact) mass is 479 g/mol. The Hall–Kier alpha value is -0.170. The van der Waals surface area contributed by atoms with Crippen molar-refractivity contribution in [1.82, 2.24) is 10.6 Å². The Morgan fingerprint density at radius 2 is 2.17 bits per heavy atom. The molecular formula is C14H30IN3O5S. The van der Waals surface area contributed by atoms with Gasteiger partial charge in [0.25, 0.3) is 0 Å². The molecule has 0 aliphatic carbocycles. The van der Waals surface area contributed by atoms with Gasteiger partial charge in [-0.15, -0.1) is 24.0 Å². The van der Waals surface area contributed by atoms with Gasteiger partial charge in [-0.05, 0) is 13.3 Å². The fourth-order valence-electron chi connectivity index (χ4n) is 1.95. The van der Waals surface area contributed by atoms with Crippen LogP contribution >= 0.6 is 24.0 Å². The summed E-state index contributed by atoms with van der Waals surface area (Å²) in [6.07, 6.45) is 2.34. The summed E-state index contributed by atoms with van der Waals surface area (Å²) in [7, 11) is -1.27. The third-order valence-electron chi connectivity index (χ3n) is 3.21. The first-order chi connectivity index (χ1) is 10.9. The van der Waals surface area contributed by atoms with Crippen LogP contribution in [-0.4, -0.2) is 85.2 Å². The van der Waals surface area contributed by atoms with Crippen LogP contribution in [0.3, 0.4) is 0 Å². The second kappa shape index (κ2) is 13.1. The lowest BCUT2D eigenvalue weighted by molar-refractivity contribution is 0.0347. The summed E-state index contributed by atoms with van der Waals surface area (Å²) < 4.78 is 38.2. The van der Waals surface area contributed by atoms with Crippen molar-refractivity contribution in [3.05, 3.63) is 0 Å². The van der Waals surface area contributed by atoms with Crippen LogP contribution in [0.5, 0.6) is 0 Å². The predicted octanol–water partition coefficient (Wildman–Crippen LogP) is 0.0246. The number of rotatable bonds is 10. The number of sulfone groups is 1. The summed E-state index contributed by atoms with van der Waals surface area (Å²) in [5.74, 6) is 0.703. The third-order valence-corrected chi connectivity index (χ3v) is 4.12. The fourth-order valence-corrected chi connectivity index (χ4v) is 2.37. The number of hydrogen-bond acceptors (Lipinski definition) is 6. The van der Waals surface area contributed by atoms with Crippen molar-refractivity contribution in [2.24, 2.45) is 4.99 Å². The second-order valence-corrected chi connectivity index (χ2v) is 7.87. The summed E-state index contributed by atoms with van der Waals surface area (Å²) >= 11 is 0. The molecule has 8 nitrogen and oxygen atoms in total. The van der Waals surface area contributed by atoms with Gasteiger partial charge in [-0.2, -0.15) is 0 Å². The lowest BCUT2D eigenvalue weighted by Crippen LogP contribution is -2.45. The second-order valence-electron chi connectivity index (χ2n) is 5.61. The zero-order valence-electron chi connectivity index (χ0n) is 14.6. The van der Waals surface area contributed by atoms with E-state index in [0.717, 1.165) is 13.0 Å². The molecule has 1 aliphatic rings. The van der Waals surface area contributed by atoms with E-state index in [9.17, 15) is 8.42 Å². The van der Waals surface area contributed by atoms with Gasteiger partial charge in [0.1, 0.15) is 9.84 Å². The highest BCUT2D eigenvalue weighted by Gasteiger charge is 2.17. The minimum Gasteiger partial charge on any atom is -0.379 e. The topological polar surface area (TPSA) is 98.3 Å². The van der Waals surface area contributed by atoms with E-state index in [2.05, 4.69) is 15.6 Å². The molecule has 2 N–H and O–H groups in total. The summed E-state index contributed by atoms with van der Waals surface area (Å²) in [4.78, 5) is 4.13. The minimum atomic E-state index is -2.97. The number of nitrogens with one attached hydrogen (secondary N) is 2. The molecule has 1 heterocycles. The third kappa shape index (κ3) is 12.2. The summed E-state index contributed by atoms with van der Waals surface area (Å²) in [6.45, 7) is 5.22. The van der Waals surface area contributed by atoms with Crippen LogP contribution < -0.4 is 10.6 Å². The maximum Gasteiger partial charge on any atom is 0.191 e. The van der Waals surface area contributed by atoms with Crippen LogP contribution in [-0.2, 0) is 24.0 Å². The van der Waals surface area contributed by atoms with Crippen molar-refractivity contribution < 1.29 is 22.6 Å². The minimum absolute atomic E-state index is 0. The number of hydrogen-bond donors (Lipinski definition) is 2. The molecule has 1 saturated heterocycles. The van der Waals surface area contributed by atoms with E-state index in [0.29, 0.717) is 32.3 Å². The lowest BCUT2D eigenvalue weighted by atomic mass is 10.3. The van der Waals surface area contributed by atoms with Gasteiger partial charge in [0.2, 0.25) is 0 Å². The van der Waals surface area contributed by atoms with Crippen molar-refractivity contribution in [3.8, 4) is 0 Å². The number of aliphatic imine (C=N–C) groups is 1. The molecule has 0 aromatic carbocycles. The Bertz CT molecular complexity index is 455. The molecule has 1 fully saturated rings. The van der Waals surface area contributed by atoms with Crippen molar-refractivity contribution in [2.75, 3.05) is 58.6 Å². The molecule has 2 atom stereocenters. The van der Waals surface area contributed by atoms with E-state index < -0.39 is 9.84 Å². The molecule has 0 bridgehead atoms. The van der Waals surface area contributed by atoms with Gasteiger partial charge in [0.05, 0.1) is 38.3 Å². The van der Waals surface area contributed by atoms with E-state index in [-0.39, 0.29) is 48.5 Å². The first-order valence-corrected chi connectivity index (χ1v) is 9.88. The SMILES string of the molecule is CN=C(NCCOCCS(C)(=O)=O)NC(C)COC1CCOC1.I. The number of guanidine groups is 1. The zero-order chi connectivity index (χ0) is 17.1. The van der Waals surface area contributed by atoms with Crippen molar-refractivity contribution in [3.63, 3.8) is 0 Å². The van der Waals surface area contributed by atoms with Crippen molar-refractivity contribution >= 4 is 39.8 Å². The van der Waals surface area contributed by atoms with E-state index in [4.69, 9.17) is 14.2 Å². The Labute approximate surface area is 162 Å². The van der Waals surface area contributed by atoms with Crippen molar-refractivity contribution in [1.29, 1.82) is 0 Å². The molecule has 0 amide bonds. The van der Waals surface area contributed by atoms with Gasteiger partial charge in [0.15, 0.2) is 5.96 Å². The molecule has 0 aromatic rings. The summed E-state index contributed by atoms with van der Waals surface area (Å²) in [5.41, 5.74) is 0. The molecule has 1 aliphatic heterocycles. The van der Waals surface area contributed by atoms with Gasteiger partial charge in [-0.25, -0.2) is 8.42 Å². The van der Waals surface area contributed by atoms with Crippen LogP contribution in [0.4, 0.5) is 0 Å². The molecule has 144 valence electrons. The Balaban J connectivity index is 0.00000529. The highest BCUT2D eigenvalue weighted by Crippen LogP contribution is 2.08. The number of nitrogens with zero attached hydrogens (tertiary/aromatic N) is 1.